The van der Waals surface area contributed by atoms with Gasteiger partial charge in [0.25, 0.3) is 0 Å². The van der Waals surface area contributed by atoms with E-state index in [-0.39, 0.29) is 29.7 Å². The number of ether oxygens (including phenoxy) is 1. The molecular formula is C21H17ClN2O4S. The first kappa shape index (κ1) is 19.4. The number of benzene rings is 2. The van der Waals surface area contributed by atoms with Gasteiger partial charge in [0, 0.05) is 17.4 Å². The summed E-state index contributed by atoms with van der Waals surface area (Å²) in [4.78, 5) is 39.9. The van der Waals surface area contributed by atoms with Crippen molar-refractivity contribution < 1.29 is 14.3 Å². The molecule has 0 fully saturated rings. The summed E-state index contributed by atoms with van der Waals surface area (Å²) in [6, 6.07) is 16.4. The van der Waals surface area contributed by atoms with Crippen LogP contribution in [-0.2, 0) is 20.9 Å². The number of carbonyl (C=O) groups excluding carboxylic acids is 2. The highest BCUT2D eigenvalue weighted by molar-refractivity contribution is 7.10. The predicted molar refractivity (Wildman–Crippen MR) is 112 cm³/mol. The number of halogens is 1. The van der Waals surface area contributed by atoms with Crippen LogP contribution in [-0.4, -0.2) is 23.6 Å². The number of esters is 1. The van der Waals surface area contributed by atoms with E-state index in [1.807, 2.05) is 36.4 Å². The molecule has 2 aromatic carbocycles. The Labute approximate surface area is 175 Å². The molecule has 0 N–H and O–H groups in total. The third-order valence-electron chi connectivity index (χ3n) is 4.86. The van der Waals surface area contributed by atoms with Crippen molar-refractivity contribution in [2.24, 2.45) is 0 Å². The first-order chi connectivity index (χ1) is 14.0. The molecule has 1 atom stereocenters. The number of rotatable bonds is 4. The van der Waals surface area contributed by atoms with Crippen LogP contribution in [0.3, 0.4) is 0 Å². The fraction of sp³-hybridized carbons (Fsp3) is 0.190. The Morgan fingerprint density at radius 2 is 1.83 bits per heavy atom. The molecule has 0 unspecified atom stereocenters. The van der Waals surface area contributed by atoms with E-state index in [4.69, 9.17) is 16.3 Å². The SMILES string of the molecule is COC(=O)Cn1c2c(sc1=O)[C@@H](c1ccccc1Cl)CC(=O)N2c1ccccc1. The number of aromatic nitrogens is 1. The van der Waals surface area contributed by atoms with Gasteiger partial charge in [-0.05, 0) is 23.8 Å². The Morgan fingerprint density at radius 1 is 1.14 bits per heavy atom. The number of para-hydroxylation sites is 1. The average molecular weight is 429 g/mol. The van der Waals surface area contributed by atoms with Crippen LogP contribution in [0.5, 0.6) is 0 Å². The smallest absolute Gasteiger partial charge is 0.325 e. The lowest BCUT2D eigenvalue weighted by molar-refractivity contribution is -0.141. The van der Waals surface area contributed by atoms with E-state index >= 15 is 0 Å². The van der Waals surface area contributed by atoms with Crippen molar-refractivity contribution in [3.63, 3.8) is 0 Å². The van der Waals surface area contributed by atoms with E-state index in [0.29, 0.717) is 21.4 Å². The number of thiazole rings is 1. The number of amides is 1. The number of methoxy groups -OCH3 is 1. The largest absolute Gasteiger partial charge is 0.468 e. The van der Waals surface area contributed by atoms with Crippen molar-refractivity contribution in [2.75, 3.05) is 12.0 Å². The molecule has 0 radical (unpaired) electrons. The molecule has 148 valence electrons. The summed E-state index contributed by atoms with van der Waals surface area (Å²) in [6.07, 6.45) is 0.170. The van der Waals surface area contributed by atoms with Gasteiger partial charge in [-0.2, -0.15) is 0 Å². The van der Waals surface area contributed by atoms with Gasteiger partial charge in [-0.25, -0.2) is 0 Å². The maximum Gasteiger partial charge on any atom is 0.325 e. The van der Waals surface area contributed by atoms with E-state index in [1.54, 1.807) is 18.2 Å². The molecular weight excluding hydrogens is 412 g/mol. The maximum absolute atomic E-state index is 13.2. The normalized spacial score (nSPS) is 15.9. The minimum absolute atomic E-state index is 0.170. The highest BCUT2D eigenvalue weighted by Crippen LogP contribution is 2.46. The van der Waals surface area contributed by atoms with Gasteiger partial charge in [0.1, 0.15) is 12.4 Å². The van der Waals surface area contributed by atoms with Crippen LogP contribution in [0.4, 0.5) is 11.5 Å². The lowest BCUT2D eigenvalue weighted by atomic mass is 9.90. The van der Waals surface area contributed by atoms with Crippen LogP contribution in [0.15, 0.2) is 59.4 Å². The van der Waals surface area contributed by atoms with Crippen molar-refractivity contribution >= 4 is 46.3 Å². The van der Waals surface area contributed by atoms with Crippen LogP contribution < -0.4 is 9.77 Å². The van der Waals surface area contributed by atoms with Crippen LogP contribution >= 0.6 is 22.9 Å². The van der Waals surface area contributed by atoms with Gasteiger partial charge in [-0.3, -0.25) is 23.9 Å². The number of hydrogen-bond acceptors (Lipinski definition) is 5. The lowest BCUT2D eigenvalue weighted by Gasteiger charge is -2.32. The van der Waals surface area contributed by atoms with Crippen molar-refractivity contribution in [3.05, 3.63) is 79.7 Å². The van der Waals surface area contributed by atoms with E-state index in [0.717, 1.165) is 16.9 Å². The molecule has 1 aromatic heterocycles. The van der Waals surface area contributed by atoms with Gasteiger partial charge < -0.3 is 4.74 Å². The van der Waals surface area contributed by atoms with E-state index in [1.165, 1.54) is 16.6 Å². The molecule has 1 amide bonds. The summed E-state index contributed by atoms with van der Waals surface area (Å²) in [5.74, 6) is -0.696. The molecule has 4 rings (SSSR count). The van der Waals surface area contributed by atoms with Gasteiger partial charge in [-0.15, -0.1) is 0 Å². The second kappa shape index (κ2) is 7.85. The zero-order chi connectivity index (χ0) is 20.5. The Balaban J connectivity index is 1.94. The van der Waals surface area contributed by atoms with E-state index < -0.39 is 5.97 Å². The summed E-state index contributed by atoms with van der Waals surface area (Å²) in [7, 11) is 1.26. The summed E-state index contributed by atoms with van der Waals surface area (Å²) in [5, 5.41) is 0.532. The quantitative estimate of drug-likeness (QED) is 0.590. The second-order valence-corrected chi connectivity index (χ2v) is 7.96. The summed E-state index contributed by atoms with van der Waals surface area (Å²) < 4.78 is 6.05. The van der Waals surface area contributed by atoms with Crippen LogP contribution in [0.25, 0.3) is 0 Å². The van der Waals surface area contributed by atoms with Crippen LogP contribution in [0.2, 0.25) is 5.02 Å². The topological polar surface area (TPSA) is 68.6 Å². The molecule has 6 nitrogen and oxygen atoms in total. The average Bonchev–Trinajstić information content (AvgIpc) is 3.04. The van der Waals surface area contributed by atoms with Gasteiger partial charge in [0.2, 0.25) is 5.91 Å². The van der Waals surface area contributed by atoms with Gasteiger partial charge in [0.15, 0.2) is 0 Å². The minimum Gasteiger partial charge on any atom is -0.468 e. The maximum atomic E-state index is 13.2. The first-order valence-corrected chi connectivity index (χ1v) is 10.1. The van der Waals surface area contributed by atoms with Gasteiger partial charge in [-0.1, -0.05) is 59.3 Å². The standard InChI is InChI=1S/C21H17ClN2O4S/c1-28-18(26)12-23-20-19(29-21(23)27)15(14-9-5-6-10-16(14)22)11-17(25)24(20)13-7-3-2-4-8-13/h2-10,15H,11-12H2,1H3/t15-/m1/s1. The molecule has 29 heavy (non-hydrogen) atoms. The van der Waals surface area contributed by atoms with Crippen molar-refractivity contribution in [1.29, 1.82) is 0 Å². The molecule has 2 heterocycles. The molecule has 0 saturated heterocycles. The molecule has 0 spiro atoms. The Hall–Kier alpha value is -2.90. The zero-order valence-electron chi connectivity index (χ0n) is 15.5. The monoisotopic (exact) mass is 428 g/mol. The van der Waals surface area contributed by atoms with Crippen LogP contribution in [0.1, 0.15) is 22.8 Å². The first-order valence-electron chi connectivity index (χ1n) is 8.94. The summed E-state index contributed by atoms with van der Waals surface area (Å²) in [6.45, 7) is -0.271. The van der Waals surface area contributed by atoms with Crippen LogP contribution in [0, 0.1) is 0 Å². The number of hydrogen-bond donors (Lipinski definition) is 0. The van der Waals surface area contributed by atoms with Crippen molar-refractivity contribution in [2.45, 2.75) is 18.9 Å². The van der Waals surface area contributed by atoms with Gasteiger partial charge in [0.05, 0.1) is 17.7 Å². The number of nitrogens with zero attached hydrogens (tertiary/aromatic N) is 2. The molecule has 1 aliphatic rings. The number of anilines is 2. The lowest BCUT2D eigenvalue weighted by Crippen LogP contribution is -2.36. The molecule has 0 aliphatic carbocycles. The fourth-order valence-electron chi connectivity index (χ4n) is 3.53. The number of fused-ring (bicyclic) bond motifs is 1. The van der Waals surface area contributed by atoms with Gasteiger partial charge >= 0.3 is 10.8 Å². The summed E-state index contributed by atoms with van der Waals surface area (Å²) in [5.41, 5.74) is 1.41. The van der Waals surface area contributed by atoms with Crippen molar-refractivity contribution in [3.8, 4) is 0 Å². The Bertz CT molecular complexity index is 1140. The summed E-state index contributed by atoms with van der Waals surface area (Å²) >= 11 is 7.43. The molecule has 3 aromatic rings. The fourth-order valence-corrected chi connectivity index (χ4v) is 4.90. The molecule has 1 aliphatic heterocycles. The Morgan fingerprint density at radius 3 is 2.52 bits per heavy atom. The second-order valence-electron chi connectivity index (χ2n) is 6.56. The molecule has 8 heteroatoms. The highest BCUT2D eigenvalue weighted by Gasteiger charge is 2.39. The highest BCUT2D eigenvalue weighted by atomic mass is 35.5. The third-order valence-corrected chi connectivity index (χ3v) is 6.29. The third kappa shape index (κ3) is 3.47. The number of carbonyl (C=O) groups is 2. The van der Waals surface area contributed by atoms with E-state index in [2.05, 4.69) is 0 Å². The minimum atomic E-state index is -0.562. The zero-order valence-corrected chi connectivity index (χ0v) is 17.1. The van der Waals surface area contributed by atoms with E-state index in [9.17, 15) is 14.4 Å². The Kier molecular flexibility index (Phi) is 5.25. The van der Waals surface area contributed by atoms with Crippen molar-refractivity contribution in [1.82, 2.24) is 4.57 Å². The molecule has 0 saturated carbocycles. The molecule has 0 bridgehead atoms. The predicted octanol–water partition coefficient (Wildman–Crippen LogP) is 3.94.